The highest BCUT2D eigenvalue weighted by Gasteiger charge is 2.28. The first-order valence-electron chi connectivity index (χ1n) is 10.5. The molecule has 0 aliphatic carbocycles. The second kappa shape index (κ2) is 13.0. The zero-order valence-electron chi connectivity index (χ0n) is 18.3. The molecule has 1 aromatic carbocycles. The van der Waals surface area contributed by atoms with Crippen LogP contribution in [0.4, 0.5) is 5.69 Å². The van der Waals surface area contributed by atoms with Crippen molar-refractivity contribution in [2.75, 3.05) is 18.4 Å². The highest BCUT2D eigenvalue weighted by Crippen LogP contribution is 2.23. The summed E-state index contributed by atoms with van der Waals surface area (Å²) in [6.45, 7) is 8.42. The molecule has 1 saturated heterocycles. The maximum atomic E-state index is 12.7. The maximum Gasteiger partial charge on any atom is 0.241 e. The van der Waals surface area contributed by atoms with E-state index >= 15 is 0 Å². The number of carbonyl (C=O) groups excluding carboxylic acids is 3. The zero-order valence-corrected chi connectivity index (χ0v) is 18.3. The van der Waals surface area contributed by atoms with Crippen LogP contribution in [0.3, 0.4) is 0 Å². The standard InChI is InChI=1S/C18H28N2O.C4H6O6/c1-4-5-12-20-13-7-6-11-16(20)18(21)19-17-14(2)9-8-10-15(17)3;5-1(3(7)8)2(6)4(9)10/h8-10,16H,4-7,11-13H2,1-3H3,(H,19,21);1-2,5-6H,(H,7,8)(H,9,10)/p-2/t16-;/m0./s1. The van der Waals surface area contributed by atoms with Crippen molar-refractivity contribution in [1.29, 1.82) is 0 Å². The molecule has 3 atom stereocenters. The smallest absolute Gasteiger partial charge is 0.241 e. The number of nitrogens with one attached hydrogen (secondary N) is 1. The Morgan fingerprint density at radius 1 is 1.10 bits per heavy atom. The Hall–Kier alpha value is -2.49. The number of carbonyl (C=O) groups is 3. The third-order valence-electron chi connectivity index (χ3n) is 5.23. The number of piperidine rings is 1. The van der Waals surface area contributed by atoms with Crippen LogP contribution in [0, 0.1) is 13.8 Å². The topological polar surface area (TPSA) is 153 Å². The number of anilines is 1. The number of aliphatic hydroxyl groups excluding tert-OH is 2. The lowest BCUT2D eigenvalue weighted by atomic mass is 10.00. The van der Waals surface area contributed by atoms with E-state index in [1.54, 1.807) is 0 Å². The molecule has 1 fully saturated rings. The van der Waals surface area contributed by atoms with E-state index in [9.17, 15) is 24.6 Å². The summed E-state index contributed by atoms with van der Waals surface area (Å²) in [7, 11) is 0. The summed E-state index contributed by atoms with van der Waals surface area (Å²) in [6, 6.07) is 6.19. The quantitative estimate of drug-likeness (QED) is 0.474. The molecule has 0 saturated carbocycles. The van der Waals surface area contributed by atoms with Crippen molar-refractivity contribution in [3.63, 3.8) is 0 Å². The van der Waals surface area contributed by atoms with Gasteiger partial charge in [0.25, 0.3) is 0 Å². The third-order valence-corrected chi connectivity index (χ3v) is 5.23. The molecule has 9 nitrogen and oxygen atoms in total. The van der Waals surface area contributed by atoms with Gasteiger partial charge in [-0.3, -0.25) is 9.69 Å². The van der Waals surface area contributed by atoms with E-state index in [1.807, 2.05) is 6.07 Å². The number of likely N-dealkylation sites (tertiary alicyclic amines) is 1. The van der Waals surface area contributed by atoms with Crippen LogP contribution in [0.5, 0.6) is 0 Å². The number of nitrogens with zero attached hydrogens (tertiary/aromatic N) is 1. The molecule has 1 aliphatic heterocycles. The number of carboxylic acids is 2. The zero-order chi connectivity index (χ0) is 23.6. The van der Waals surface area contributed by atoms with Gasteiger partial charge < -0.3 is 35.3 Å². The van der Waals surface area contributed by atoms with E-state index in [1.165, 1.54) is 19.3 Å². The molecule has 31 heavy (non-hydrogen) atoms. The summed E-state index contributed by atoms with van der Waals surface area (Å²) in [5.74, 6) is -3.95. The van der Waals surface area contributed by atoms with Gasteiger partial charge in [-0.25, -0.2) is 0 Å². The van der Waals surface area contributed by atoms with Crippen LogP contribution in [0.1, 0.15) is 50.2 Å². The summed E-state index contributed by atoms with van der Waals surface area (Å²) in [4.78, 5) is 34.3. The number of hydrogen-bond donors (Lipinski definition) is 3. The van der Waals surface area contributed by atoms with E-state index in [4.69, 9.17) is 10.2 Å². The number of unbranched alkanes of at least 4 members (excludes halogenated alkanes) is 1. The fourth-order valence-corrected chi connectivity index (χ4v) is 3.39. The predicted octanol–water partition coefficient (Wildman–Crippen LogP) is -0.895. The van der Waals surface area contributed by atoms with Crippen molar-refractivity contribution in [3.05, 3.63) is 29.3 Å². The van der Waals surface area contributed by atoms with Gasteiger partial charge in [-0.2, -0.15) is 0 Å². The fraction of sp³-hybridized carbons (Fsp3) is 0.591. The van der Waals surface area contributed by atoms with Crippen LogP contribution in [-0.2, 0) is 14.4 Å². The monoisotopic (exact) mass is 436 g/mol. The van der Waals surface area contributed by atoms with Crippen molar-refractivity contribution in [2.24, 2.45) is 0 Å². The molecule has 9 heteroatoms. The second-order valence-electron chi connectivity index (χ2n) is 7.68. The van der Waals surface area contributed by atoms with Crippen molar-refractivity contribution < 1.29 is 34.8 Å². The van der Waals surface area contributed by atoms with Gasteiger partial charge in [0.1, 0.15) is 12.2 Å². The number of amides is 1. The third kappa shape index (κ3) is 8.28. The molecule has 2 rings (SSSR count). The van der Waals surface area contributed by atoms with Gasteiger partial charge in [-0.05, 0) is 57.3 Å². The summed E-state index contributed by atoms with van der Waals surface area (Å²) in [5.41, 5.74) is 3.27. The molecule has 174 valence electrons. The molecule has 1 aromatic rings. The molecule has 1 heterocycles. The molecule has 3 N–H and O–H groups in total. The summed E-state index contributed by atoms with van der Waals surface area (Å²) in [5, 5.41) is 38.9. The number of benzene rings is 1. The molecule has 1 aliphatic rings. The Morgan fingerprint density at radius 3 is 2.13 bits per heavy atom. The lowest BCUT2D eigenvalue weighted by molar-refractivity contribution is -0.333. The van der Waals surface area contributed by atoms with Gasteiger partial charge in [0.2, 0.25) is 5.91 Å². The van der Waals surface area contributed by atoms with Gasteiger partial charge in [-0.1, -0.05) is 38.0 Å². The van der Waals surface area contributed by atoms with Gasteiger partial charge in [0, 0.05) is 5.69 Å². The van der Waals surface area contributed by atoms with Crippen LogP contribution < -0.4 is 15.5 Å². The minimum absolute atomic E-state index is 0.0457. The summed E-state index contributed by atoms with van der Waals surface area (Å²) >= 11 is 0. The van der Waals surface area contributed by atoms with Crippen LogP contribution in [0.15, 0.2) is 18.2 Å². The Bertz CT molecular complexity index is 715. The first kappa shape index (κ1) is 26.5. The molecular formula is C22H32N2O7-2. The summed E-state index contributed by atoms with van der Waals surface area (Å²) in [6.07, 6.45) is 0.842. The molecule has 0 aromatic heterocycles. The van der Waals surface area contributed by atoms with E-state index < -0.39 is 24.1 Å². The van der Waals surface area contributed by atoms with E-state index in [-0.39, 0.29) is 11.9 Å². The minimum Gasteiger partial charge on any atom is -0.547 e. The van der Waals surface area contributed by atoms with Gasteiger partial charge in [0.05, 0.1) is 18.0 Å². The van der Waals surface area contributed by atoms with Gasteiger partial charge >= 0.3 is 0 Å². The molecule has 1 amide bonds. The SMILES string of the molecule is CCCCN1CCCC[C@H]1C(=O)Nc1c(C)cccc1C.O=C([O-])C(O)C(O)C(=O)[O-]. The highest BCUT2D eigenvalue weighted by atomic mass is 16.4. The Balaban J connectivity index is 0.000000407. The normalized spacial score (nSPS) is 18.3. The first-order valence-corrected chi connectivity index (χ1v) is 10.5. The van der Waals surface area contributed by atoms with Crippen LogP contribution in [0.25, 0.3) is 0 Å². The average molecular weight is 437 g/mol. The number of hydrogen-bond acceptors (Lipinski definition) is 8. The predicted molar refractivity (Wildman–Crippen MR) is 111 cm³/mol. The Labute approximate surface area is 182 Å². The second-order valence-corrected chi connectivity index (χ2v) is 7.68. The number of aryl methyl sites for hydroxylation is 2. The fourth-order valence-electron chi connectivity index (χ4n) is 3.39. The largest absolute Gasteiger partial charge is 0.547 e. The van der Waals surface area contributed by atoms with Crippen molar-refractivity contribution >= 4 is 23.5 Å². The minimum atomic E-state index is -2.44. The number of aliphatic carboxylic acids is 2. The lowest BCUT2D eigenvalue weighted by Gasteiger charge is -2.34. The first-order chi connectivity index (χ1) is 14.6. The molecule has 0 spiro atoms. The number of aliphatic hydroxyl groups is 2. The van der Waals surface area contributed by atoms with E-state index in [2.05, 4.69) is 43.1 Å². The number of para-hydroxylation sites is 1. The highest BCUT2D eigenvalue weighted by molar-refractivity contribution is 5.96. The van der Waals surface area contributed by atoms with Crippen molar-refractivity contribution in [3.8, 4) is 0 Å². The Kier molecular flexibility index (Phi) is 11.2. The van der Waals surface area contributed by atoms with Crippen LogP contribution in [-0.4, -0.2) is 64.3 Å². The number of rotatable bonds is 8. The van der Waals surface area contributed by atoms with Gasteiger partial charge in [0.15, 0.2) is 0 Å². The number of carboxylic acid groups (broad SMARTS) is 2. The Morgan fingerprint density at radius 2 is 1.65 bits per heavy atom. The van der Waals surface area contributed by atoms with Crippen LogP contribution in [0.2, 0.25) is 0 Å². The average Bonchev–Trinajstić information content (AvgIpc) is 2.74. The summed E-state index contributed by atoms with van der Waals surface area (Å²) < 4.78 is 0. The van der Waals surface area contributed by atoms with Gasteiger partial charge in [-0.15, -0.1) is 0 Å². The van der Waals surface area contributed by atoms with Crippen LogP contribution >= 0.6 is 0 Å². The molecule has 2 unspecified atom stereocenters. The van der Waals surface area contributed by atoms with Crippen molar-refractivity contribution in [2.45, 2.75) is 71.1 Å². The molecule has 0 radical (unpaired) electrons. The maximum absolute atomic E-state index is 12.7. The molecular weight excluding hydrogens is 404 g/mol. The van der Waals surface area contributed by atoms with Crippen molar-refractivity contribution in [1.82, 2.24) is 4.90 Å². The van der Waals surface area contributed by atoms with E-state index in [0.29, 0.717) is 0 Å². The lowest BCUT2D eigenvalue weighted by Crippen LogP contribution is -2.51. The van der Waals surface area contributed by atoms with E-state index in [0.717, 1.165) is 42.7 Å². The molecule has 0 bridgehead atoms.